The van der Waals surface area contributed by atoms with Gasteiger partial charge in [0.2, 0.25) is 0 Å². The van der Waals surface area contributed by atoms with Crippen LogP contribution in [0.1, 0.15) is 11.0 Å². The molecule has 2 aromatic heterocycles. The van der Waals surface area contributed by atoms with E-state index in [1.54, 1.807) is 6.07 Å². The summed E-state index contributed by atoms with van der Waals surface area (Å²) in [7, 11) is 0. The van der Waals surface area contributed by atoms with Gasteiger partial charge in [-0.15, -0.1) is 0 Å². The van der Waals surface area contributed by atoms with Crippen molar-refractivity contribution in [3.63, 3.8) is 0 Å². The molecule has 0 saturated heterocycles. The third-order valence-corrected chi connectivity index (χ3v) is 10.3. The van der Waals surface area contributed by atoms with E-state index in [1.807, 2.05) is 150 Å². The second kappa shape index (κ2) is 12.6. The maximum atomic E-state index is 10.1. The van der Waals surface area contributed by atoms with E-state index in [1.165, 1.54) is 0 Å². The number of nitrogens with zero attached hydrogens (tertiary/aromatic N) is 1. The van der Waals surface area contributed by atoms with Crippen molar-refractivity contribution in [2.75, 3.05) is 4.90 Å². The molecule has 11 aromatic rings. The molecule has 0 unspecified atom stereocenters. The first-order valence-corrected chi connectivity index (χ1v) is 18.0. The molecule has 0 amide bonds. The molecule has 0 radical (unpaired) electrons. The normalized spacial score (nSPS) is 13.7. The number of anilines is 3. The summed E-state index contributed by atoms with van der Waals surface area (Å²) in [4.78, 5) is 1.85. The Hall–Kier alpha value is -7.36. The van der Waals surface area contributed by atoms with Gasteiger partial charge in [-0.05, 0) is 99.4 Å². The zero-order chi connectivity index (χ0) is 43.3. The molecule has 3 nitrogen and oxygen atoms in total. The number of fused-ring (bicyclic) bond motifs is 8. The van der Waals surface area contributed by atoms with Crippen molar-refractivity contribution in [3.05, 3.63) is 200 Å². The lowest BCUT2D eigenvalue weighted by Crippen LogP contribution is -2.10. The van der Waals surface area contributed by atoms with E-state index < -0.39 is 18.1 Å². The van der Waals surface area contributed by atoms with E-state index in [-0.39, 0.29) is 74.2 Å². The number of benzene rings is 9. The molecule has 258 valence electrons. The summed E-state index contributed by atoms with van der Waals surface area (Å²) < 4.78 is 87.2. The molecule has 0 spiro atoms. The molecule has 0 saturated carbocycles. The van der Waals surface area contributed by atoms with Crippen molar-refractivity contribution < 1.29 is 19.8 Å². The molecule has 11 rings (SSSR count). The molecule has 0 N–H and O–H groups in total. The number of rotatable bonds is 6. The van der Waals surface area contributed by atoms with Crippen LogP contribution in [0, 0.1) is 0 Å². The highest BCUT2D eigenvalue weighted by atomic mass is 16.3. The van der Waals surface area contributed by atoms with Crippen LogP contribution in [-0.4, -0.2) is 0 Å². The molecule has 9 aromatic carbocycles. The minimum absolute atomic E-state index is 0.0242. The van der Waals surface area contributed by atoms with Crippen molar-refractivity contribution in [1.29, 1.82) is 0 Å². The Kier molecular flexibility index (Phi) is 5.53. The van der Waals surface area contributed by atoms with E-state index >= 15 is 0 Å². The number of furan rings is 2. The van der Waals surface area contributed by atoms with Gasteiger partial charge in [-0.25, -0.2) is 0 Å². The second-order valence-corrected chi connectivity index (χ2v) is 13.5. The van der Waals surface area contributed by atoms with Gasteiger partial charge < -0.3 is 13.7 Å². The second-order valence-electron chi connectivity index (χ2n) is 13.5. The summed E-state index contributed by atoms with van der Waals surface area (Å²) in [6.07, 6.45) is 0. The van der Waals surface area contributed by atoms with Gasteiger partial charge in [0.1, 0.15) is 22.3 Å². The minimum Gasteiger partial charge on any atom is -0.456 e. The van der Waals surface area contributed by atoms with Crippen molar-refractivity contribution >= 4 is 71.7 Å². The van der Waals surface area contributed by atoms with Crippen LogP contribution in [0.15, 0.2) is 209 Å². The van der Waals surface area contributed by atoms with E-state index in [9.17, 15) is 8.22 Å². The van der Waals surface area contributed by atoms with E-state index in [4.69, 9.17) is 11.6 Å². The van der Waals surface area contributed by atoms with Crippen molar-refractivity contribution in [3.8, 4) is 33.4 Å². The Balaban J connectivity index is 1.27. The van der Waals surface area contributed by atoms with Gasteiger partial charge in [-0.3, -0.25) is 0 Å². The molecular weight excluding hydrogens is 671 g/mol. The van der Waals surface area contributed by atoms with Crippen LogP contribution < -0.4 is 4.90 Å². The zero-order valence-electron chi connectivity index (χ0n) is 37.2. The van der Waals surface area contributed by atoms with Crippen LogP contribution in [0.4, 0.5) is 17.1 Å². The smallest absolute Gasteiger partial charge is 0.143 e. The average Bonchev–Trinajstić information content (AvgIpc) is 3.91. The first-order chi connectivity index (χ1) is 30.6. The lowest BCUT2D eigenvalue weighted by Gasteiger charge is -2.27. The standard InChI is InChI=1S/C52H33NO2/c1-3-13-34(14-4-1)36-25-28-39(29-26-36)53(40-18-11-17-37(31-40)35-15-5-2-6-16-35)47-22-12-24-49-51(47)46-33-45(41-19-7-8-21-44(41)52(46)55-49)38-27-30-43-42-20-9-10-23-48(42)54-50(43)32-38/h1-33H/i7D,8D,12D,19D,21D,22D,24D,33D. The van der Waals surface area contributed by atoms with Crippen molar-refractivity contribution in [2.45, 2.75) is 0 Å². The summed E-state index contributed by atoms with van der Waals surface area (Å²) in [6, 6.07) is 45.7. The summed E-state index contributed by atoms with van der Waals surface area (Å²) in [5.74, 6) is 0. The molecule has 0 aliphatic heterocycles. The van der Waals surface area contributed by atoms with Gasteiger partial charge in [0.05, 0.1) is 22.0 Å². The Morgan fingerprint density at radius 1 is 0.400 bits per heavy atom. The van der Waals surface area contributed by atoms with Gasteiger partial charge in [-0.1, -0.05) is 139 Å². The topological polar surface area (TPSA) is 29.5 Å². The molecule has 3 heteroatoms. The first kappa shape index (κ1) is 24.1. The molecule has 0 bridgehead atoms. The van der Waals surface area contributed by atoms with Crippen LogP contribution in [0.3, 0.4) is 0 Å². The largest absolute Gasteiger partial charge is 0.456 e. The summed E-state index contributed by atoms with van der Waals surface area (Å²) in [5, 5.41) is 2.18. The Bertz CT molecular complexity index is 3660. The van der Waals surface area contributed by atoms with Crippen LogP contribution >= 0.6 is 0 Å². The summed E-state index contributed by atoms with van der Waals surface area (Å²) >= 11 is 0. The summed E-state index contributed by atoms with van der Waals surface area (Å²) in [5.41, 5.74) is 7.04. The predicted molar refractivity (Wildman–Crippen MR) is 229 cm³/mol. The zero-order valence-corrected chi connectivity index (χ0v) is 29.2. The monoisotopic (exact) mass is 711 g/mol. The molecule has 0 aliphatic rings. The van der Waals surface area contributed by atoms with Crippen molar-refractivity contribution in [1.82, 2.24) is 0 Å². The van der Waals surface area contributed by atoms with Gasteiger partial charge in [-0.2, -0.15) is 0 Å². The highest BCUT2D eigenvalue weighted by molar-refractivity contribution is 6.23. The Labute approximate surface area is 329 Å². The number of para-hydroxylation sites is 1. The molecule has 0 aliphatic carbocycles. The minimum atomic E-state index is -0.489. The molecule has 0 atom stereocenters. The first-order valence-electron chi connectivity index (χ1n) is 22.0. The third-order valence-electron chi connectivity index (χ3n) is 10.3. The lowest BCUT2D eigenvalue weighted by molar-refractivity contribution is 0.669. The molecule has 55 heavy (non-hydrogen) atoms. The van der Waals surface area contributed by atoms with Gasteiger partial charge >= 0.3 is 0 Å². The van der Waals surface area contributed by atoms with E-state index in [0.717, 1.165) is 33.0 Å². The van der Waals surface area contributed by atoms with Crippen molar-refractivity contribution in [2.24, 2.45) is 0 Å². The molecule has 0 fully saturated rings. The Morgan fingerprint density at radius 2 is 1.07 bits per heavy atom. The fourth-order valence-corrected chi connectivity index (χ4v) is 7.67. The molecule has 2 heterocycles. The highest BCUT2D eigenvalue weighted by Crippen LogP contribution is 2.47. The highest BCUT2D eigenvalue weighted by Gasteiger charge is 2.22. The number of hydrogen-bond donors (Lipinski definition) is 0. The van der Waals surface area contributed by atoms with Crippen LogP contribution in [0.5, 0.6) is 0 Å². The Morgan fingerprint density at radius 3 is 1.89 bits per heavy atom. The van der Waals surface area contributed by atoms with Gasteiger partial charge in [0.15, 0.2) is 0 Å². The molecular formula is C52H33NO2. The quantitative estimate of drug-likeness (QED) is 0.172. The average molecular weight is 712 g/mol. The maximum absolute atomic E-state index is 10.1. The van der Waals surface area contributed by atoms with Crippen LogP contribution in [0.25, 0.3) is 88.0 Å². The SMILES string of the molecule is [2H]c1c([2H])c(N(c2ccc(-c3ccccc3)cc2)c2cccc(-c3ccccc3)c2)c2c(oc3c4c([2H])c([2H])c([2H])c([2H])c4c(-c4ccc5c(c4)oc4ccccc45)c([2H])c32)c1[2H]. The fraction of sp³-hybridized carbons (Fsp3) is 0. The predicted octanol–water partition coefficient (Wildman–Crippen LogP) is 15.1. The number of hydrogen-bond acceptors (Lipinski definition) is 3. The van der Waals surface area contributed by atoms with E-state index in [0.29, 0.717) is 28.1 Å². The van der Waals surface area contributed by atoms with Gasteiger partial charge in [0, 0.05) is 32.9 Å². The van der Waals surface area contributed by atoms with E-state index in [2.05, 4.69) is 0 Å². The van der Waals surface area contributed by atoms with Gasteiger partial charge in [0.25, 0.3) is 0 Å². The maximum Gasteiger partial charge on any atom is 0.143 e. The third kappa shape index (κ3) is 5.20. The lowest BCUT2D eigenvalue weighted by atomic mass is 9.94. The van der Waals surface area contributed by atoms with Crippen LogP contribution in [-0.2, 0) is 0 Å². The fourth-order valence-electron chi connectivity index (χ4n) is 7.67. The summed E-state index contributed by atoms with van der Waals surface area (Å²) in [6.45, 7) is 0. The van der Waals surface area contributed by atoms with Crippen LogP contribution in [0.2, 0.25) is 0 Å².